The minimum Gasteiger partial charge on any atom is -0.756 e. The summed E-state index contributed by atoms with van der Waals surface area (Å²) in [5.74, 6) is -2.44. The molecule has 0 amide bonds. The first kappa shape index (κ1) is 54.3. The predicted octanol–water partition coefficient (Wildman–Crippen LogP) is 6.88. The smallest absolute Gasteiger partial charge is 0.756 e. The van der Waals surface area contributed by atoms with Crippen molar-refractivity contribution >= 4 is 25.7 Å². The van der Waals surface area contributed by atoms with E-state index in [1.54, 1.807) is 0 Å². The van der Waals surface area contributed by atoms with Gasteiger partial charge in [-0.3, -0.25) is 18.9 Å². The molecule has 0 saturated heterocycles. The summed E-state index contributed by atoms with van der Waals surface area (Å²) in [6.45, 7) is 2.64. The van der Waals surface area contributed by atoms with Crippen LogP contribution in [0.25, 0.3) is 0 Å². The molecule has 0 aromatic heterocycles. The van der Waals surface area contributed by atoms with E-state index in [9.17, 15) is 23.8 Å². The summed E-state index contributed by atoms with van der Waals surface area (Å²) in [6.07, 6.45) is 33.9. The molecule has 0 rings (SSSR count). The number of phosphoric ester groups is 1. The molecule has 306 valence electrons. The van der Waals surface area contributed by atoms with Crippen molar-refractivity contribution in [3.8, 4) is 0 Å². The Hall–Kier alpha value is -0.780. The van der Waals surface area contributed by atoms with Gasteiger partial charge in [0.2, 0.25) is 0 Å². The molecule has 0 bridgehead atoms. The molecule has 0 heterocycles. The van der Waals surface area contributed by atoms with Crippen LogP contribution < -0.4 is 40.2 Å². The van der Waals surface area contributed by atoms with Crippen LogP contribution in [0.15, 0.2) is 12.2 Å². The maximum Gasteiger partial charge on any atom is 1.00 e. The Labute approximate surface area is 344 Å². The van der Waals surface area contributed by atoms with Crippen molar-refractivity contribution in [1.29, 1.82) is 0 Å². The number of ether oxygens (including phenoxy) is 2. The zero-order valence-electron chi connectivity index (χ0n) is 33.9. The fraction of sp³-hybridized carbons (Fsp3) is 0.875. The van der Waals surface area contributed by atoms with Crippen molar-refractivity contribution < 1.29 is 77.0 Å². The molecule has 11 nitrogen and oxygen atoms in total. The van der Waals surface area contributed by atoms with Gasteiger partial charge < -0.3 is 34.3 Å². The van der Waals surface area contributed by atoms with Crippen molar-refractivity contribution in [1.82, 2.24) is 0 Å². The van der Waals surface area contributed by atoms with Crippen LogP contribution in [0.5, 0.6) is 0 Å². The molecule has 0 spiro atoms. The largest absolute Gasteiger partial charge is 1.00 e. The minimum absolute atomic E-state index is 0. The Balaban J connectivity index is 0. The molecule has 0 fully saturated rings. The Morgan fingerprint density at radius 2 is 0.981 bits per heavy atom. The molecule has 0 saturated carbocycles. The van der Waals surface area contributed by atoms with Crippen LogP contribution in [0.3, 0.4) is 0 Å². The quantitative estimate of drug-likeness (QED) is 0.0219. The second-order valence-electron chi connectivity index (χ2n) is 14.1. The zero-order chi connectivity index (χ0) is 38.5. The third-order valence-corrected chi connectivity index (χ3v) is 9.93. The Bertz CT molecular complexity index is 954. The van der Waals surface area contributed by atoms with Gasteiger partial charge >= 0.3 is 47.5 Å². The molecule has 3 N–H and O–H groups in total. The summed E-state index contributed by atoms with van der Waals surface area (Å²) < 4.78 is 32.2. The number of rotatable bonds is 39. The first-order valence-electron chi connectivity index (χ1n) is 20.7. The van der Waals surface area contributed by atoms with Crippen molar-refractivity contribution in [2.45, 2.75) is 206 Å². The van der Waals surface area contributed by atoms with Crippen LogP contribution in [0, 0.1) is 0 Å². The Morgan fingerprint density at radius 3 is 1.42 bits per heavy atom. The summed E-state index contributed by atoms with van der Waals surface area (Å²) in [7, 11) is -4.96. The number of nitrogens with two attached hydrogens (primary N) is 1. The molecule has 0 aromatic rings. The molecule has 0 aliphatic heterocycles. The summed E-state index contributed by atoms with van der Waals surface area (Å²) in [6, 6.07) is -1.56. The van der Waals surface area contributed by atoms with Crippen molar-refractivity contribution in [3.63, 3.8) is 0 Å². The van der Waals surface area contributed by atoms with Gasteiger partial charge in [0.15, 0.2) is 6.10 Å². The van der Waals surface area contributed by atoms with E-state index in [2.05, 4.69) is 30.5 Å². The van der Waals surface area contributed by atoms with Gasteiger partial charge in [-0.05, 0) is 38.5 Å². The van der Waals surface area contributed by atoms with Gasteiger partial charge in [0, 0.05) is 12.8 Å². The predicted molar refractivity (Wildman–Crippen MR) is 206 cm³/mol. The van der Waals surface area contributed by atoms with Crippen molar-refractivity contribution in [2.75, 3.05) is 19.8 Å². The van der Waals surface area contributed by atoms with Gasteiger partial charge in [-0.15, -0.1) is 0 Å². The van der Waals surface area contributed by atoms with E-state index in [1.807, 2.05) is 0 Å². The van der Waals surface area contributed by atoms with Crippen LogP contribution in [0.4, 0.5) is 0 Å². The molecule has 53 heavy (non-hydrogen) atoms. The van der Waals surface area contributed by atoms with Crippen LogP contribution in [-0.2, 0) is 37.5 Å². The second kappa shape index (κ2) is 39.5. The van der Waals surface area contributed by atoms with E-state index >= 15 is 0 Å². The minimum atomic E-state index is -4.96. The van der Waals surface area contributed by atoms with Gasteiger partial charge in [-0.2, -0.15) is 0 Å². The van der Waals surface area contributed by atoms with Crippen molar-refractivity contribution in [2.24, 2.45) is 5.73 Å². The number of aliphatic carboxylic acids is 1. The van der Waals surface area contributed by atoms with E-state index in [0.29, 0.717) is 12.8 Å². The van der Waals surface area contributed by atoms with E-state index in [1.165, 1.54) is 96.3 Å². The summed E-state index contributed by atoms with van der Waals surface area (Å²) in [4.78, 5) is 48.0. The number of hydrogen-bond donors (Lipinski definition) is 2. The molecule has 1 unspecified atom stereocenters. The van der Waals surface area contributed by atoms with Crippen LogP contribution in [-0.4, -0.2) is 55.0 Å². The monoisotopic (exact) mass is 784 g/mol. The molecule has 0 aromatic carbocycles. The fourth-order valence-corrected chi connectivity index (χ4v) is 6.47. The van der Waals surface area contributed by atoms with Crippen LogP contribution in [0.2, 0.25) is 0 Å². The number of carboxylic acids is 1. The average molecular weight is 784 g/mol. The van der Waals surface area contributed by atoms with Gasteiger partial charge in [0.25, 0.3) is 7.82 Å². The standard InChI is InChI=1S/C40H76NO10P.Na/c1-3-5-7-9-11-13-15-17-18-20-22-24-26-28-30-32-39(43)51-36(34-49-52(46,47)50-35-37(41)40(44)45)33-48-38(42)31-29-27-25-23-21-19-16-14-12-10-8-6-4-2;/h17-18,36-37H,3-16,19-35,41H2,1-2H3,(H,44,45)(H,46,47);/q;+1/p-1/b18-17-;/t36-,37-;/m1./s1. The van der Waals surface area contributed by atoms with Crippen molar-refractivity contribution in [3.05, 3.63) is 12.2 Å². The number of phosphoric acid groups is 1. The Morgan fingerprint density at radius 1 is 0.604 bits per heavy atom. The maximum absolute atomic E-state index is 12.6. The molecular weight excluding hydrogens is 708 g/mol. The van der Waals surface area contributed by atoms with Crippen LogP contribution >= 0.6 is 7.82 Å². The van der Waals surface area contributed by atoms with Gasteiger partial charge in [-0.25, -0.2) is 0 Å². The molecule has 0 aliphatic carbocycles. The van der Waals surface area contributed by atoms with E-state index in [4.69, 9.17) is 24.8 Å². The number of hydrogen-bond acceptors (Lipinski definition) is 10. The van der Waals surface area contributed by atoms with Gasteiger partial charge in [0.1, 0.15) is 12.6 Å². The van der Waals surface area contributed by atoms with Gasteiger partial charge in [0.05, 0.1) is 13.2 Å². The number of carbonyl (C=O) groups excluding carboxylic acids is 2. The third kappa shape index (κ3) is 39.3. The van der Waals surface area contributed by atoms with Crippen LogP contribution in [0.1, 0.15) is 194 Å². The fourth-order valence-electron chi connectivity index (χ4n) is 5.70. The first-order chi connectivity index (χ1) is 25.1. The van der Waals surface area contributed by atoms with E-state index in [0.717, 1.165) is 57.8 Å². The van der Waals surface area contributed by atoms with E-state index in [-0.39, 0.29) is 49.0 Å². The molecular formula is C40H75NNaO10P. The molecule has 0 radical (unpaired) electrons. The summed E-state index contributed by atoms with van der Waals surface area (Å²) in [5.41, 5.74) is 5.29. The average Bonchev–Trinajstić information content (AvgIpc) is 3.12. The number of carboxylic acid groups (broad SMARTS) is 1. The first-order valence-corrected chi connectivity index (χ1v) is 22.2. The molecule has 13 heteroatoms. The molecule has 0 aliphatic rings. The topological polar surface area (TPSA) is 175 Å². The SMILES string of the molecule is CCCCCCCC/C=C\CCCCCCCC(=O)O[C@H](COC(=O)CCCCCCCCCCCCCCC)COP(=O)([O-])OC[C@@H](N)C(=O)O.[Na+]. The molecule has 3 atom stereocenters. The van der Waals surface area contributed by atoms with Gasteiger partial charge in [-0.1, -0.05) is 154 Å². The number of unbranched alkanes of at least 4 members (excludes halogenated alkanes) is 23. The number of esters is 2. The zero-order valence-corrected chi connectivity index (χ0v) is 36.8. The number of allylic oxidation sites excluding steroid dienone is 2. The maximum atomic E-state index is 12.6. The second-order valence-corrected chi connectivity index (χ2v) is 15.5. The summed E-state index contributed by atoms with van der Waals surface area (Å²) >= 11 is 0. The summed E-state index contributed by atoms with van der Waals surface area (Å²) in [5, 5.41) is 8.85. The normalized spacial score (nSPS) is 13.7. The number of carbonyl (C=O) groups is 3. The van der Waals surface area contributed by atoms with E-state index < -0.39 is 51.1 Å². The third-order valence-electron chi connectivity index (χ3n) is 9.00. The Kier molecular flexibility index (Phi) is 40.4.